The molecule has 1 amide bonds. The van der Waals surface area contributed by atoms with Crippen molar-refractivity contribution in [2.24, 2.45) is 0 Å². The Labute approximate surface area is 206 Å². The van der Waals surface area contributed by atoms with Gasteiger partial charge in [0.05, 0.1) is 39.4 Å². The van der Waals surface area contributed by atoms with E-state index in [0.29, 0.717) is 17.0 Å². The normalized spacial score (nSPS) is 18.3. The second kappa shape index (κ2) is 8.51. The number of carbonyl (C=O) groups excluding carboxylic acids is 1. The van der Waals surface area contributed by atoms with Gasteiger partial charge < -0.3 is 10.1 Å². The van der Waals surface area contributed by atoms with Crippen molar-refractivity contribution in [3.8, 4) is 5.82 Å². The Morgan fingerprint density at radius 3 is 2.69 bits per heavy atom. The van der Waals surface area contributed by atoms with Gasteiger partial charge in [-0.3, -0.25) is 14.2 Å². The highest BCUT2D eigenvalue weighted by Crippen LogP contribution is 2.39. The van der Waals surface area contributed by atoms with Crippen LogP contribution >= 0.6 is 23.2 Å². The zero-order chi connectivity index (χ0) is 25.0. The van der Waals surface area contributed by atoms with Crippen LogP contribution in [0.1, 0.15) is 41.5 Å². The number of hydrogen-bond acceptors (Lipinski definition) is 5. The highest BCUT2D eigenvalue weighted by atomic mass is 35.5. The number of anilines is 1. The first kappa shape index (κ1) is 23.6. The molecule has 1 atom stereocenters. The first-order valence-corrected chi connectivity index (χ1v) is 11.2. The lowest BCUT2D eigenvalue weighted by Crippen LogP contribution is -2.23. The number of hydrogen-bond donors (Lipinski definition) is 1. The third-order valence-corrected chi connectivity index (χ3v) is 6.38. The van der Waals surface area contributed by atoms with Crippen LogP contribution in [-0.4, -0.2) is 36.7 Å². The highest BCUT2D eigenvalue weighted by Gasteiger charge is 2.41. The van der Waals surface area contributed by atoms with Gasteiger partial charge >= 0.3 is 6.18 Å². The smallest absolute Gasteiger partial charge is 0.369 e. The summed E-state index contributed by atoms with van der Waals surface area (Å²) in [6.45, 7) is 2.45. The van der Waals surface area contributed by atoms with Gasteiger partial charge in [0.1, 0.15) is 11.4 Å². The number of pyridine rings is 2. The second-order valence-corrected chi connectivity index (χ2v) is 8.98. The number of amides is 1. The number of alkyl halides is 3. The van der Waals surface area contributed by atoms with Crippen LogP contribution in [0.15, 0.2) is 43.0 Å². The van der Waals surface area contributed by atoms with Crippen LogP contribution in [0.4, 0.5) is 18.9 Å². The van der Waals surface area contributed by atoms with E-state index in [0.717, 1.165) is 19.0 Å². The number of carbonyl (C=O) groups is 1. The third-order valence-electron chi connectivity index (χ3n) is 5.80. The van der Waals surface area contributed by atoms with Crippen molar-refractivity contribution < 1.29 is 22.7 Å². The van der Waals surface area contributed by atoms with Gasteiger partial charge in [-0.1, -0.05) is 23.2 Å². The minimum absolute atomic E-state index is 0.00662. The zero-order valence-electron chi connectivity index (χ0n) is 18.1. The van der Waals surface area contributed by atoms with Gasteiger partial charge in [-0.25, -0.2) is 9.67 Å². The van der Waals surface area contributed by atoms with Crippen LogP contribution in [0.3, 0.4) is 0 Å². The van der Waals surface area contributed by atoms with Crippen molar-refractivity contribution in [1.29, 1.82) is 0 Å². The van der Waals surface area contributed by atoms with E-state index in [1.165, 1.54) is 41.2 Å². The summed E-state index contributed by atoms with van der Waals surface area (Å²) < 4.78 is 50.1. The van der Waals surface area contributed by atoms with Crippen molar-refractivity contribution >= 4 is 40.4 Å². The summed E-state index contributed by atoms with van der Waals surface area (Å²) >= 11 is 12.4. The second-order valence-electron chi connectivity index (χ2n) is 8.17. The average Bonchev–Trinajstić information content (AvgIpc) is 3.53. The maximum absolute atomic E-state index is 14.1. The minimum Gasteiger partial charge on any atom is -0.369 e. The molecule has 1 saturated heterocycles. The van der Waals surface area contributed by atoms with E-state index in [2.05, 4.69) is 20.4 Å². The molecule has 1 fully saturated rings. The number of halogens is 5. The average molecular weight is 525 g/mol. The SMILES string of the molecule is C[C@@]1(c2ncc(NC(=O)c3cnn(-c4ccc(Cl)c5nccn45)c3C(F)(F)F)cc2Cl)CCCO1. The molecule has 8 nitrogen and oxygen atoms in total. The summed E-state index contributed by atoms with van der Waals surface area (Å²) in [4.78, 5) is 21.3. The molecule has 0 spiro atoms. The molecular weight excluding hydrogens is 508 g/mol. The van der Waals surface area contributed by atoms with Crippen molar-refractivity contribution in [2.75, 3.05) is 11.9 Å². The minimum atomic E-state index is -4.90. The summed E-state index contributed by atoms with van der Waals surface area (Å²) in [5.74, 6) is -1.01. The molecule has 1 N–H and O–H groups in total. The maximum Gasteiger partial charge on any atom is 0.434 e. The number of nitrogens with zero attached hydrogens (tertiary/aromatic N) is 5. The summed E-state index contributed by atoms with van der Waals surface area (Å²) in [5, 5.41) is 6.77. The van der Waals surface area contributed by atoms with Crippen LogP contribution in [0.2, 0.25) is 10.0 Å². The van der Waals surface area contributed by atoms with Gasteiger partial charge in [-0.05, 0) is 38.0 Å². The Kier molecular flexibility index (Phi) is 5.73. The standard InChI is InChI=1S/C22H17Cl2F3N6O2/c1-21(5-2-8-35-21)17-15(24)9-12(10-29-17)31-20(34)13-11-30-33(18(13)22(25,26)27)16-4-3-14(23)19-28-6-7-32(16)19/h3-4,6-7,9-11H,2,5,8H2,1H3,(H,31,34)/t21-/m0/s1. The molecular formula is C22H17Cl2F3N6O2. The van der Waals surface area contributed by atoms with Crippen LogP contribution in [0.5, 0.6) is 0 Å². The van der Waals surface area contributed by atoms with Crippen LogP contribution in [0, 0.1) is 0 Å². The maximum atomic E-state index is 14.1. The van der Waals surface area contributed by atoms with Gasteiger partial charge in [0.2, 0.25) is 0 Å². The molecule has 0 unspecified atom stereocenters. The van der Waals surface area contributed by atoms with E-state index in [1.54, 1.807) is 0 Å². The van der Waals surface area contributed by atoms with Crippen LogP contribution in [0.25, 0.3) is 11.5 Å². The number of fused-ring (bicyclic) bond motifs is 1. The Balaban J connectivity index is 1.50. The van der Waals surface area contributed by atoms with Gasteiger partial charge in [0, 0.05) is 19.0 Å². The zero-order valence-corrected chi connectivity index (χ0v) is 19.6. The molecule has 0 aromatic carbocycles. The van der Waals surface area contributed by atoms with Gasteiger partial charge in [0.25, 0.3) is 5.91 Å². The molecule has 35 heavy (non-hydrogen) atoms. The molecule has 0 aliphatic carbocycles. The number of rotatable bonds is 4. The molecule has 1 aliphatic rings. The molecule has 5 rings (SSSR count). The first-order valence-electron chi connectivity index (χ1n) is 10.5. The lowest BCUT2D eigenvalue weighted by Gasteiger charge is -2.23. The van der Waals surface area contributed by atoms with E-state index < -0.39 is 28.9 Å². The Hall–Kier alpha value is -3.15. The summed E-state index contributed by atoms with van der Waals surface area (Å²) in [5.41, 5.74) is -1.69. The van der Waals surface area contributed by atoms with E-state index in [1.807, 2.05) is 6.92 Å². The van der Waals surface area contributed by atoms with Gasteiger partial charge in [0.15, 0.2) is 11.3 Å². The van der Waals surface area contributed by atoms with Crippen molar-refractivity contribution in [3.63, 3.8) is 0 Å². The Bertz CT molecular complexity index is 1440. The van der Waals surface area contributed by atoms with Gasteiger partial charge in [-0.15, -0.1) is 0 Å². The predicted octanol–water partition coefficient (Wildman–Crippen LogP) is 5.52. The lowest BCUT2D eigenvalue weighted by atomic mass is 9.98. The summed E-state index contributed by atoms with van der Waals surface area (Å²) in [6.07, 6.45) is 1.72. The fraction of sp³-hybridized carbons (Fsp3) is 0.273. The van der Waals surface area contributed by atoms with E-state index in [-0.39, 0.29) is 27.2 Å². The van der Waals surface area contributed by atoms with Crippen molar-refractivity contribution in [1.82, 2.24) is 24.1 Å². The molecule has 13 heteroatoms. The fourth-order valence-corrected chi connectivity index (χ4v) is 4.73. The van der Waals surface area contributed by atoms with Crippen LogP contribution < -0.4 is 5.32 Å². The molecule has 0 bridgehead atoms. The van der Waals surface area contributed by atoms with E-state index in [4.69, 9.17) is 27.9 Å². The van der Waals surface area contributed by atoms with Crippen LogP contribution in [-0.2, 0) is 16.5 Å². The first-order chi connectivity index (χ1) is 16.6. The molecule has 182 valence electrons. The fourth-order valence-electron chi connectivity index (χ4n) is 4.16. The van der Waals surface area contributed by atoms with Crippen molar-refractivity contribution in [3.05, 3.63) is 70.0 Å². The molecule has 0 radical (unpaired) electrons. The number of imidazole rings is 1. The largest absolute Gasteiger partial charge is 0.434 e. The predicted molar refractivity (Wildman–Crippen MR) is 122 cm³/mol. The highest BCUT2D eigenvalue weighted by molar-refractivity contribution is 6.33. The molecule has 5 heterocycles. The third kappa shape index (κ3) is 4.13. The van der Waals surface area contributed by atoms with E-state index in [9.17, 15) is 18.0 Å². The van der Waals surface area contributed by atoms with E-state index >= 15 is 0 Å². The quantitative estimate of drug-likeness (QED) is 0.380. The van der Waals surface area contributed by atoms with Crippen molar-refractivity contribution in [2.45, 2.75) is 31.5 Å². The number of ether oxygens (including phenoxy) is 1. The lowest BCUT2D eigenvalue weighted by molar-refractivity contribution is -0.143. The Morgan fingerprint density at radius 2 is 2.00 bits per heavy atom. The Morgan fingerprint density at radius 1 is 1.20 bits per heavy atom. The number of aromatic nitrogens is 5. The van der Waals surface area contributed by atoms with Gasteiger partial charge in [-0.2, -0.15) is 18.3 Å². The summed E-state index contributed by atoms with van der Waals surface area (Å²) in [6, 6.07) is 4.19. The molecule has 0 saturated carbocycles. The molecule has 1 aliphatic heterocycles. The summed E-state index contributed by atoms with van der Waals surface area (Å²) in [7, 11) is 0. The molecule has 4 aromatic rings. The monoisotopic (exact) mass is 524 g/mol. The topological polar surface area (TPSA) is 86.3 Å². The number of nitrogens with one attached hydrogen (secondary N) is 1. The molecule has 4 aromatic heterocycles.